The third kappa shape index (κ3) is 3.57. The standard InChI is InChI=1S/C17H15ClF3N5O4S/c1-6(27)11-13(31(2)30)14-24-16(15(23)29,5-10(22)28)8-3-7(17(19,20)21)4-9(18)12(8)26(14)25-11/h3-4,24H,5H2,1-2H3,(H2,22,28)(H2,23,29). The van der Waals surface area contributed by atoms with Gasteiger partial charge in [-0.25, -0.2) is 4.68 Å². The second kappa shape index (κ2) is 7.34. The Bertz CT molecular complexity index is 1180. The molecule has 1 aliphatic heterocycles. The molecule has 2 amide bonds. The first-order chi connectivity index (χ1) is 14.2. The van der Waals surface area contributed by atoms with Crippen molar-refractivity contribution in [3.05, 3.63) is 34.0 Å². The van der Waals surface area contributed by atoms with E-state index in [0.717, 1.165) is 11.6 Å². The zero-order valence-electron chi connectivity index (χ0n) is 16.0. The Morgan fingerprint density at radius 3 is 2.35 bits per heavy atom. The predicted octanol–water partition coefficient (Wildman–Crippen LogP) is 1.47. The van der Waals surface area contributed by atoms with Gasteiger partial charge in [-0.15, -0.1) is 0 Å². The second-order valence-electron chi connectivity index (χ2n) is 6.84. The van der Waals surface area contributed by atoms with Crippen LogP contribution in [0.25, 0.3) is 5.69 Å². The van der Waals surface area contributed by atoms with Crippen molar-refractivity contribution >= 4 is 45.8 Å². The summed E-state index contributed by atoms with van der Waals surface area (Å²) >= 11 is 6.15. The first-order valence-electron chi connectivity index (χ1n) is 8.46. The molecule has 31 heavy (non-hydrogen) atoms. The maximum absolute atomic E-state index is 13.4. The molecule has 1 aromatic carbocycles. The third-order valence-corrected chi connectivity index (χ3v) is 5.97. The van der Waals surface area contributed by atoms with E-state index < -0.39 is 62.7 Å². The number of primary amides is 2. The van der Waals surface area contributed by atoms with Gasteiger partial charge in [0, 0.05) is 18.7 Å². The van der Waals surface area contributed by atoms with E-state index in [1.165, 1.54) is 6.26 Å². The zero-order valence-corrected chi connectivity index (χ0v) is 17.5. The molecule has 1 aliphatic rings. The molecule has 166 valence electrons. The molecule has 0 aliphatic carbocycles. The molecule has 0 spiro atoms. The highest BCUT2D eigenvalue weighted by Gasteiger charge is 2.49. The van der Waals surface area contributed by atoms with Crippen LogP contribution < -0.4 is 16.8 Å². The lowest BCUT2D eigenvalue weighted by atomic mass is 9.82. The minimum absolute atomic E-state index is 0.135. The van der Waals surface area contributed by atoms with E-state index in [1.54, 1.807) is 0 Å². The molecule has 14 heteroatoms. The molecule has 3 rings (SSSR count). The number of halogens is 4. The van der Waals surface area contributed by atoms with Crippen LogP contribution in [0.1, 0.15) is 35.0 Å². The number of rotatable bonds is 5. The average Bonchev–Trinajstić information content (AvgIpc) is 2.99. The van der Waals surface area contributed by atoms with Crippen molar-refractivity contribution in [2.75, 3.05) is 11.6 Å². The van der Waals surface area contributed by atoms with E-state index in [2.05, 4.69) is 10.4 Å². The minimum atomic E-state index is -4.85. The Morgan fingerprint density at radius 2 is 1.90 bits per heavy atom. The van der Waals surface area contributed by atoms with Crippen LogP contribution in [-0.4, -0.2) is 37.8 Å². The first-order valence-corrected chi connectivity index (χ1v) is 10.4. The van der Waals surface area contributed by atoms with Crippen molar-refractivity contribution in [3.63, 3.8) is 0 Å². The van der Waals surface area contributed by atoms with Crippen LogP contribution in [0.3, 0.4) is 0 Å². The van der Waals surface area contributed by atoms with Crippen LogP contribution in [0.15, 0.2) is 17.0 Å². The van der Waals surface area contributed by atoms with Crippen molar-refractivity contribution < 1.29 is 31.8 Å². The number of anilines is 1. The number of fused-ring (bicyclic) bond motifs is 3. The molecule has 2 unspecified atom stereocenters. The van der Waals surface area contributed by atoms with Gasteiger partial charge in [0.05, 0.1) is 33.5 Å². The lowest BCUT2D eigenvalue weighted by Gasteiger charge is -2.38. The number of aromatic nitrogens is 2. The van der Waals surface area contributed by atoms with Gasteiger partial charge in [-0.3, -0.25) is 18.6 Å². The van der Waals surface area contributed by atoms with E-state index in [9.17, 15) is 31.8 Å². The number of amides is 2. The average molecular weight is 478 g/mol. The Hall–Kier alpha value is -2.93. The molecule has 0 bridgehead atoms. The molecule has 5 N–H and O–H groups in total. The Balaban J connectivity index is 2.52. The summed E-state index contributed by atoms with van der Waals surface area (Å²) in [6.45, 7) is 1.14. The molecule has 2 aromatic rings. The number of carbonyl (C=O) groups excluding carboxylic acids is 3. The number of hydrogen-bond donors (Lipinski definition) is 3. The number of nitrogens with zero attached hydrogens (tertiary/aromatic N) is 2. The second-order valence-corrected chi connectivity index (χ2v) is 8.56. The number of ketones is 1. The van der Waals surface area contributed by atoms with Crippen molar-refractivity contribution in [3.8, 4) is 5.69 Å². The Morgan fingerprint density at radius 1 is 1.29 bits per heavy atom. The first kappa shape index (κ1) is 22.7. The maximum atomic E-state index is 13.4. The number of nitrogens with one attached hydrogen (secondary N) is 1. The molecule has 0 saturated carbocycles. The maximum Gasteiger partial charge on any atom is 0.416 e. The fourth-order valence-corrected chi connectivity index (χ4v) is 4.60. The number of Topliss-reactive ketones (excluding diaryl/α,β-unsaturated/α-hetero) is 1. The van der Waals surface area contributed by atoms with Crippen LogP contribution >= 0.6 is 11.6 Å². The van der Waals surface area contributed by atoms with E-state index >= 15 is 0 Å². The highest BCUT2D eigenvalue weighted by Crippen LogP contribution is 2.47. The Kier molecular flexibility index (Phi) is 5.39. The summed E-state index contributed by atoms with van der Waals surface area (Å²) < 4.78 is 53.6. The topological polar surface area (TPSA) is 150 Å². The van der Waals surface area contributed by atoms with E-state index in [4.69, 9.17) is 23.1 Å². The van der Waals surface area contributed by atoms with Crippen molar-refractivity contribution in [2.24, 2.45) is 11.5 Å². The molecular formula is C17H15ClF3N5O4S. The van der Waals surface area contributed by atoms with Gasteiger partial charge in [0.1, 0.15) is 16.4 Å². The molecular weight excluding hydrogens is 463 g/mol. The predicted molar refractivity (Wildman–Crippen MR) is 104 cm³/mol. The molecule has 0 radical (unpaired) electrons. The monoisotopic (exact) mass is 477 g/mol. The van der Waals surface area contributed by atoms with Crippen molar-refractivity contribution in [1.82, 2.24) is 9.78 Å². The number of benzene rings is 1. The van der Waals surface area contributed by atoms with Gasteiger partial charge in [-0.05, 0) is 12.1 Å². The molecule has 9 nitrogen and oxygen atoms in total. The zero-order chi connectivity index (χ0) is 23.5. The summed E-state index contributed by atoms with van der Waals surface area (Å²) in [6, 6.07) is 1.20. The third-order valence-electron chi connectivity index (χ3n) is 4.72. The van der Waals surface area contributed by atoms with Gasteiger partial charge in [0.15, 0.2) is 11.3 Å². The van der Waals surface area contributed by atoms with E-state index in [0.29, 0.717) is 12.1 Å². The van der Waals surface area contributed by atoms with E-state index in [1.807, 2.05) is 0 Å². The fourth-order valence-electron chi connectivity index (χ4n) is 3.43. The van der Waals surface area contributed by atoms with Crippen LogP contribution in [0, 0.1) is 0 Å². The normalized spacial score (nSPS) is 18.5. The van der Waals surface area contributed by atoms with Gasteiger partial charge < -0.3 is 16.8 Å². The molecule has 2 heterocycles. The SMILES string of the molecule is CC(=O)c1nn2c(c1S(C)=O)NC(CC(N)=O)(C(N)=O)c1cc(C(F)(F)F)cc(Cl)c1-2. The molecule has 0 fully saturated rings. The lowest BCUT2D eigenvalue weighted by Crippen LogP contribution is -2.53. The minimum Gasteiger partial charge on any atom is -0.370 e. The van der Waals surface area contributed by atoms with Gasteiger partial charge in [-0.1, -0.05) is 11.6 Å². The Labute approximate surface area is 180 Å². The van der Waals surface area contributed by atoms with Crippen molar-refractivity contribution in [1.29, 1.82) is 0 Å². The van der Waals surface area contributed by atoms with E-state index in [-0.39, 0.29) is 22.1 Å². The summed E-state index contributed by atoms with van der Waals surface area (Å²) in [4.78, 5) is 36.2. The van der Waals surface area contributed by atoms with Crippen molar-refractivity contribution in [2.45, 2.75) is 30.0 Å². The highest BCUT2D eigenvalue weighted by atomic mass is 35.5. The summed E-state index contributed by atoms with van der Waals surface area (Å²) in [7, 11) is -1.84. The summed E-state index contributed by atoms with van der Waals surface area (Å²) in [5.74, 6) is -3.09. The van der Waals surface area contributed by atoms with Crippen LogP contribution in [0.5, 0.6) is 0 Å². The summed E-state index contributed by atoms with van der Waals surface area (Å²) in [6.07, 6.45) is -4.46. The summed E-state index contributed by atoms with van der Waals surface area (Å²) in [5.41, 5.74) is 6.38. The highest BCUT2D eigenvalue weighted by molar-refractivity contribution is 7.84. The van der Waals surface area contributed by atoms with Gasteiger partial charge in [-0.2, -0.15) is 18.3 Å². The fraction of sp³-hybridized carbons (Fsp3) is 0.294. The van der Waals surface area contributed by atoms with Crippen LogP contribution in [0.4, 0.5) is 19.0 Å². The largest absolute Gasteiger partial charge is 0.416 e. The van der Waals surface area contributed by atoms with Gasteiger partial charge in [0.25, 0.3) is 0 Å². The quantitative estimate of drug-likeness (QED) is 0.555. The molecule has 1 aromatic heterocycles. The number of nitrogens with two attached hydrogens (primary N) is 2. The van der Waals surface area contributed by atoms with Crippen LogP contribution in [0.2, 0.25) is 5.02 Å². The smallest absolute Gasteiger partial charge is 0.370 e. The number of alkyl halides is 3. The number of hydrogen-bond acceptors (Lipinski definition) is 6. The number of carbonyl (C=O) groups is 3. The van der Waals surface area contributed by atoms with Gasteiger partial charge in [0.2, 0.25) is 11.8 Å². The lowest BCUT2D eigenvalue weighted by molar-refractivity contribution is -0.137. The summed E-state index contributed by atoms with van der Waals surface area (Å²) in [5, 5.41) is 6.14. The van der Waals surface area contributed by atoms with Crippen LogP contribution in [-0.2, 0) is 32.1 Å². The molecule has 0 saturated heterocycles. The van der Waals surface area contributed by atoms with Gasteiger partial charge >= 0.3 is 6.18 Å². The molecule has 2 atom stereocenters.